The molecule has 1 aromatic carbocycles. The van der Waals surface area contributed by atoms with Crippen molar-refractivity contribution in [3.8, 4) is 0 Å². The monoisotopic (exact) mass is 327 g/mol. The number of benzene rings is 1. The van der Waals surface area contributed by atoms with Crippen LogP contribution in [-0.2, 0) is 25.6 Å². The molecule has 2 heterocycles. The van der Waals surface area contributed by atoms with Crippen LogP contribution in [0, 0.1) is 0 Å². The molecule has 0 spiro atoms. The number of hydrogen-bond acceptors (Lipinski definition) is 5. The molecule has 24 heavy (non-hydrogen) atoms. The number of aromatic nitrogens is 1. The number of rotatable bonds is 5. The van der Waals surface area contributed by atoms with Gasteiger partial charge in [0.1, 0.15) is 0 Å². The molecule has 0 bridgehead atoms. The molecule has 0 radical (unpaired) electrons. The molecule has 0 aliphatic carbocycles. The third kappa shape index (κ3) is 3.63. The summed E-state index contributed by atoms with van der Waals surface area (Å²) in [5.41, 5.74) is 2.34. The van der Waals surface area contributed by atoms with E-state index in [1.165, 1.54) is 7.11 Å². The number of ether oxygens (including phenoxy) is 3. The highest BCUT2D eigenvalue weighted by Crippen LogP contribution is 2.24. The summed E-state index contributed by atoms with van der Waals surface area (Å²) in [6.07, 6.45) is 2.85. The van der Waals surface area contributed by atoms with E-state index in [0.29, 0.717) is 12.3 Å². The minimum atomic E-state index is -0.493. The predicted molar refractivity (Wildman–Crippen MR) is 91.2 cm³/mol. The van der Waals surface area contributed by atoms with E-state index >= 15 is 0 Å². The molecule has 126 valence electrons. The van der Waals surface area contributed by atoms with Crippen LogP contribution in [0.5, 0.6) is 0 Å². The van der Waals surface area contributed by atoms with Crippen LogP contribution in [0.2, 0.25) is 0 Å². The molecule has 1 aliphatic heterocycles. The summed E-state index contributed by atoms with van der Waals surface area (Å²) in [5.74, 6) is -0.493. The Morgan fingerprint density at radius 2 is 2.21 bits per heavy atom. The van der Waals surface area contributed by atoms with Gasteiger partial charge in [-0.1, -0.05) is 24.8 Å². The van der Waals surface area contributed by atoms with Gasteiger partial charge in [0.15, 0.2) is 6.29 Å². The molecule has 1 aliphatic rings. The summed E-state index contributed by atoms with van der Waals surface area (Å²) < 4.78 is 16.3. The Hall–Kier alpha value is -2.24. The molecule has 1 atom stereocenters. The van der Waals surface area contributed by atoms with Gasteiger partial charge in [-0.05, 0) is 31.4 Å². The largest absolute Gasteiger partial charge is 0.465 e. The van der Waals surface area contributed by atoms with Crippen LogP contribution in [0.25, 0.3) is 16.5 Å². The fraction of sp³-hybridized carbons (Fsp3) is 0.368. The standard InChI is InChI=1S/C19H21NO4/c1-13(19(21)22-2)18-15(12-24-17-9-5-6-10-23-17)11-14-7-3-4-8-16(14)20-18/h3-4,7-8,11,17H,1,5-6,9-10,12H2,2H3. The van der Waals surface area contributed by atoms with Gasteiger partial charge in [0, 0.05) is 17.6 Å². The first-order valence-electron chi connectivity index (χ1n) is 8.08. The molecule has 1 fully saturated rings. The van der Waals surface area contributed by atoms with Crippen LogP contribution in [0.4, 0.5) is 0 Å². The van der Waals surface area contributed by atoms with Crippen LogP contribution in [0.1, 0.15) is 30.5 Å². The Kier molecular flexibility index (Phi) is 5.23. The first-order chi connectivity index (χ1) is 11.7. The third-order valence-electron chi connectivity index (χ3n) is 4.08. The maximum Gasteiger partial charge on any atom is 0.339 e. The number of hydrogen-bond donors (Lipinski definition) is 0. The summed E-state index contributed by atoms with van der Waals surface area (Å²) >= 11 is 0. The van der Waals surface area contributed by atoms with Crippen LogP contribution >= 0.6 is 0 Å². The van der Waals surface area contributed by atoms with Crippen molar-refractivity contribution in [2.24, 2.45) is 0 Å². The van der Waals surface area contributed by atoms with E-state index in [9.17, 15) is 4.79 Å². The summed E-state index contributed by atoms with van der Waals surface area (Å²) in [6, 6.07) is 9.72. The molecule has 1 aromatic heterocycles. The molecule has 2 aromatic rings. The summed E-state index contributed by atoms with van der Waals surface area (Å²) in [5, 5.41) is 0.988. The van der Waals surface area contributed by atoms with Crippen molar-refractivity contribution in [2.45, 2.75) is 32.2 Å². The molecule has 1 unspecified atom stereocenters. The van der Waals surface area contributed by atoms with Crippen molar-refractivity contribution < 1.29 is 19.0 Å². The lowest BCUT2D eigenvalue weighted by molar-refractivity contribution is -0.168. The van der Waals surface area contributed by atoms with Gasteiger partial charge in [0.25, 0.3) is 0 Å². The number of pyridine rings is 1. The lowest BCUT2D eigenvalue weighted by Gasteiger charge is -2.23. The van der Waals surface area contributed by atoms with Crippen molar-refractivity contribution in [3.63, 3.8) is 0 Å². The van der Waals surface area contributed by atoms with Crippen molar-refractivity contribution >= 4 is 22.4 Å². The second-order valence-corrected chi connectivity index (χ2v) is 5.77. The predicted octanol–water partition coefficient (Wildman–Crippen LogP) is 3.46. The Morgan fingerprint density at radius 1 is 1.38 bits per heavy atom. The molecule has 5 nitrogen and oxygen atoms in total. The molecule has 5 heteroatoms. The fourth-order valence-electron chi connectivity index (χ4n) is 2.78. The van der Waals surface area contributed by atoms with Crippen LogP contribution in [0.3, 0.4) is 0 Å². The number of methoxy groups -OCH3 is 1. The zero-order valence-corrected chi connectivity index (χ0v) is 13.8. The van der Waals surface area contributed by atoms with E-state index in [1.54, 1.807) is 0 Å². The minimum Gasteiger partial charge on any atom is -0.465 e. The molecular weight excluding hydrogens is 306 g/mol. The smallest absolute Gasteiger partial charge is 0.339 e. The quantitative estimate of drug-likeness (QED) is 0.622. The number of fused-ring (bicyclic) bond motifs is 1. The zero-order valence-electron chi connectivity index (χ0n) is 13.8. The third-order valence-corrected chi connectivity index (χ3v) is 4.08. The van der Waals surface area contributed by atoms with E-state index in [4.69, 9.17) is 14.2 Å². The average molecular weight is 327 g/mol. The maximum atomic E-state index is 11.9. The SMILES string of the molecule is C=C(C(=O)OC)c1nc2ccccc2cc1COC1CCCCO1. The zero-order chi connectivity index (χ0) is 16.9. The lowest BCUT2D eigenvalue weighted by Crippen LogP contribution is -2.22. The number of carbonyl (C=O) groups is 1. The van der Waals surface area contributed by atoms with Gasteiger partial charge < -0.3 is 14.2 Å². The van der Waals surface area contributed by atoms with Gasteiger partial charge in [-0.25, -0.2) is 9.78 Å². The normalized spacial score (nSPS) is 17.6. The fourth-order valence-corrected chi connectivity index (χ4v) is 2.78. The number of para-hydroxylation sites is 1. The number of nitrogens with zero attached hydrogens (tertiary/aromatic N) is 1. The average Bonchev–Trinajstić information content (AvgIpc) is 2.65. The molecular formula is C19H21NO4. The van der Waals surface area contributed by atoms with Gasteiger partial charge >= 0.3 is 5.97 Å². The highest BCUT2D eigenvalue weighted by molar-refractivity contribution is 6.15. The highest BCUT2D eigenvalue weighted by Gasteiger charge is 2.19. The molecule has 0 saturated carbocycles. The maximum absolute atomic E-state index is 11.9. The summed E-state index contributed by atoms with van der Waals surface area (Å²) in [4.78, 5) is 16.5. The minimum absolute atomic E-state index is 0.204. The first-order valence-corrected chi connectivity index (χ1v) is 8.08. The van der Waals surface area contributed by atoms with Gasteiger partial charge in [-0.2, -0.15) is 0 Å². The van der Waals surface area contributed by atoms with Gasteiger partial charge in [0.05, 0.1) is 30.5 Å². The van der Waals surface area contributed by atoms with E-state index < -0.39 is 5.97 Å². The Morgan fingerprint density at radius 3 is 2.96 bits per heavy atom. The van der Waals surface area contributed by atoms with E-state index in [0.717, 1.165) is 42.3 Å². The second kappa shape index (κ2) is 7.55. The first kappa shape index (κ1) is 16.6. The van der Waals surface area contributed by atoms with E-state index in [1.807, 2.05) is 30.3 Å². The lowest BCUT2D eigenvalue weighted by atomic mass is 10.0. The highest BCUT2D eigenvalue weighted by atomic mass is 16.7. The van der Waals surface area contributed by atoms with Gasteiger partial charge in [-0.15, -0.1) is 0 Å². The Bertz CT molecular complexity index is 750. The van der Waals surface area contributed by atoms with Crippen molar-refractivity contribution in [1.82, 2.24) is 4.98 Å². The summed E-state index contributed by atoms with van der Waals surface area (Å²) in [7, 11) is 1.33. The summed E-state index contributed by atoms with van der Waals surface area (Å²) in [6.45, 7) is 4.87. The molecule has 3 rings (SSSR count). The number of esters is 1. The molecule has 0 amide bonds. The van der Waals surface area contributed by atoms with E-state index in [-0.39, 0.29) is 11.9 Å². The van der Waals surface area contributed by atoms with Crippen molar-refractivity contribution in [3.05, 3.63) is 48.2 Å². The van der Waals surface area contributed by atoms with E-state index in [2.05, 4.69) is 11.6 Å². The number of carbonyl (C=O) groups excluding carboxylic acids is 1. The second-order valence-electron chi connectivity index (χ2n) is 5.77. The Labute approximate surface area is 141 Å². The van der Waals surface area contributed by atoms with Crippen LogP contribution in [-0.4, -0.2) is 31.0 Å². The van der Waals surface area contributed by atoms with Gasteiger partial charge in [-0.3, -0.25) is 0 Å². The molecule has 1 saturated heterocycles. The van der Waals surface area contributed by atoms with Gasteiger partial charge in [0.2, 0.25) is 0 Å². The van der Waals surface area contributed by atoms with Crippen molar-refractivity contribution in [2.75, 3.05) is 13.7 Å². The van der Waals surface area contributed by atoms with Crippen molar-refractivity contribution in [1.29, 1.82) is 0 Å². The van der Waals surface area contributed by atoms with Crippen LogP contribution < -0.4 is 0 Å². The topological polar surface area (TPSA) is 57.7 Å². The van der Waals surface area contributed by atoms with Crippen LogP contribution in [0.15, 0.2) is 36.9 Å². The Balaban J connectivity index is 1.90. The molecule has 0 N–H and O–H groups in total.